The average molecular weight is 1240 g/mol. The summed E-state index contributed by atoms with van der Waals surface area (Å²) >= 11 is 0. The smallest absolute Gasteiger partial charge is 0.399 e. The molecule has 0 fully saturated rings. The van der Waals surface area contributed by atoms with Gasteiger partial charge in [-0.2, -0.15) is 26.3 Å². The number of halogens is 6. The number of carbonyl (C=O) groups is 9. The number of imide groups is 4. The third kappa shape index (κ3) is 10.2. The summed E-state index contributed by atoms with van der Waals surface area (Å²) in [7, 11) is 0. The molecule has 0 bridgehead atoms. The van der Waals surface area contributed by atoms with E-state index in [0.29, 0.717) is 27.8 Å². The number of hydrogen-bond donors (Lipinski definition) is 1. The monoisotopic (exact) mass is 1240 g/mol. The van der Waals surface area contributed by atoms with Gasteiger partial charge in [-0.25, -0.2) is 14.6 Å². The number of aryl methyl sites for hydroxylation is 2. The minimum absolute atomic E-state index is 0.0112. The molecule has 0 aromatic heterocycles. The summed E-state index contributed by atoms with van der Waals surface area (Å²) in [6, 6.07) is 18.8. The Balaban J connectivity index is 0.945. The van der Waals surface area contributed by atoms with Crippen molar-refractivity contribution in [2.45, 2.75) is 143 Å². The molecule has 0 radical (unpaired) electrons. The topological polar surface area (TPSA) is 196 Å². The maximum atomic E-state index is 15.6. The molecule has 0 aliphatic carbocycles. The molecule has 15 nitrogen and oxygen atoms in total. The van der Waals surface area contributed by atoms with Crippen molar-refractivity contribution in [3.8, 4) is 0 Å². The summed E-state index contributed by atoms with van der Waals surface area (Å²) in [6.07, 6.45) is -9.92. The van der Waals surface area contributed by atoms with Crippen molar-refractivity contribution in [1.82, 2.24) is 9.80 Å². The van der Waals surface area contributed by atoms with Gasteiger partial charge in [-0.15, -0.1) is 0 Å². The Labute approximate surface area is 514 Å². The van der Waals surface area contributed by atoms with Crippen LogP contribution in [0.15, 0.2) is 97.1 Å². The highest BCUT2D eigenvalue weighted by atomic mass is 19.4. The van der Waals surface area contributed by atoms with Gasteiger partial charge in [0.1, 0.15) is 11.8 Å². The number of rotatable bonds is 13. The van der Waals surface area contributed by atoms with E-state index in [1.807, 2.05) is 20.8 Å². The van der Waals surface area contributed by atoms with Crippen LogP contribution in [0.5, 0.6) is 0 Å². The van der Waals surface area contributed by atoms with Crippen molar-refractivity contribution < 1.29 is 79.3 Å². The quantitative estimate of drug-likeness (QED) is 0.0500. The van der Waals surface area contributed by atoms with E-state index in [2.05, 4.69) is 0 Å². The number of benzene rings is 6. The first-order valence-corrected chi connectivity index (χ1v) is 29.0. The number of anilines is 2. The Morgan fingerprint density at radius 2 is 0.867 bits per heavy atom. The molecule has 8 amide bonds. The molecule has 6 aromatic rings. The maximum Gasteiger partial charge on any atom is 0.399 e. The van der Waals surface area contributed by atoms with Gasteiger partial charge in [0.25, 0.3) is 47.3 Å². The molecule has 4 heterocycles. The Hall–Kier alpha value is -9.11. The van der Waals surface area contributed by atoms with Gasteiger partial charge in [0, 0.05) is 24.0 Å². The van der Waals surface area contributed by atoms with E-state index in [1.165, 1.54) is 24.3 Å². The van der Waals surface area contributed by atoms with E-state index in [9.17, 15) is 48.3 Å². The zero-order valence-corrected chi connectivity index (χ0v) is 51.6. The summed E-state index contributed by atoms with van der Waals surface area (Å²) in [6.45, 7) is 21.5. The number of carbonyl (C=O) groups excluding carboxylic acids is 9. The second-order valence-corrected chi connectivity index (χ2v) is 26.4. The lowest BCUT2D eigenvalue weighted by Crippen LogP contribution is -2.58. The number of esters is 1. The highest BCUT2D eigenvalue weighted by molar-refractivity contribution is 6.36. The number of nitrogens with zero attached hydrogens (tertiary/aromatic N) is 4. The van der Waals surface area contributed by atoms with Gasteiger partial charge in [0.15, 0.2) is 0 Å². The van der Waals surface area contributed by atoms with Gasteiger partial charge in [-0.1, -0.05) is 65.0 Å². The third-order valence-electron chi connectivity index (χ3n) is 18.0. The van der Waals surface area contributed by atoms with E-state index in [4.69, 9.17) is 4.74 Å². The molecular weight excluding hydrogens is 1170 g/mol. The van der Waals surface area contributed by atoms with Crippen LogP contribution < -0.4 is 9.80 Å². The van der Waals surface area contributed by atoms with E-state index < -0.39 is 116 Å². The largest absolute Gasteiger partial charge is 0.462 e. The minimum Gasteiger partial charge on any atom is -0.462 e. The predicted octanol–water partition coefficient (Wildman–Crippen LogP) is 13.2. The van der Waals surface area contributed by atoms with Crippen LogP contribution in [0, 0.1) is 20.8 Å². The summed E-state index contributed by atoms with van der Waals surface area (Å²) in [4.78, 5) is 130. The SMILES string of the molecule is Cc1cc(C)c(C(C)(C)C(C)(C)N2C(=O)c3ccc([C@H](c4ccc5c(c4)C(=O)N(c4cc(C(=O)OCCCO)cc(C(C)(C)C)c4)C5=O)C(F)(F)F)cc3C2=O)c(C)c1N1C(=O)c2ccc([C@@H](c3ccc4c(c3)C(=O)N(C(C)(C)C)C4=O)C(F)(F)F)cc2C1=O. The van der Waals surface area contributed by atoms with Crippen LogP contribution in [0.3, 0.4) is 0 Å². The first-order chi connectivity index (χ1) is 41.7. The third-order valence-corrected chi connectivity index (χ3v) is 18.0. The second kappa shape index (κ2) is 21.6. The molecule has 21 heteroatoms. The summed E-state index contributed by atoms with van der Waals surface area (Å²) in [5, 5.41) is 9.20. The highest BCUT2D eigenvalue weighted by Crippen LogP contribution is 2.51. The Kier molecular flexibility index (Phi) is 15.3. The lowest BCUT2D eigenvalue weighted by atomic mass is 9.65. The number of ether oxygens (including phenoxy) is 1. The number of aliphatic hydroxyl groups excluding tert-OH is 1. The Morgan fingerprint density at radius 3 is 1.30 bits per heavy atom. The number of amides is 8. The zero-order chi connectivity index (χ0) is 66.3. The molecular formula is C69H64F6N4O11. The molecule has 4 aliphatic rings. The van der Waals surface area contributed by atoms with E-state index >= 15 is 26.3 Å². The summed E-state index contributed by atoms with van der Waals surface area (Å²) in [5.41, 5.74) is -5.86. The van der Waals surface area contributed by atoms with Crippen molar-refractivity contribution in [2.24, 2.45) is 0 Å². The summed E-state index contributed by atoms with van der Waals surface area (Å²) < 4.78 is 98.0. The fraction of sp³-hybridized carbons (Fsp3) is 0.348. The molecule has 0 saturated heterocycles. The van der Waals surface area contributed by atoms with Crippen LogP contribution in [-0.4, -0.2) is 105 Å². The molecule has 10 rings (SSSR count). The van der Waals surface area contributed by atoms with Gasteiger partial charge in [0.2, 0.25) is 0 Å². The predicted molar refractivity (Wildman–Crippen MR) is 319 cm³/mol. The first-order valence-electron chi connectivity index (χ1n) is 29.0. The second-order valence-electron chi connectivity index (χ2n) is 26.4. The zero-order valence-electron chi connectivity index (χ0n) is 51.6. The molecule has 2 atom stereocenters. The van der Waals surface area contributed by atoms with Crippen molar-refractivity contribution in [1.29, 1.82) is 0 Å². The minimum atomic E-state index is -5.08. The van der Waals surface area contributed by atoms with Crippen LogP contribution in [0.4, 0.5) is 37.7 Å². The lowest BCUT2D eigenvalue weighted by molar-refractivity contribution is -0.142. The highest BCUT2D eigenvalue weighted by Gasteiger charge is 2.55. The number of hydrogen-bond acceptors (Lipinski definition) is 11. The van der Waals surface area contributed by atoms with Crippen LogP contribution >= 0.6 is 0 Å². The molecule has 0 saturated carbocycles. The normalized spacial score (nSPS) is 16.2. The standard InChI is InChI=1S/C69H64F6N4O11/c1-33-25-34(2)54(77-56(82)44-20-16-37(29-48(44)58(77)84)53(69(73,74)75)38-17-21-45-49(30-38)61(87)78(59(45)85)65(7,8)9)35(3)51(33)66(10,11)67(12,13)79-60(86)46-22-18-39(31-50(46)62(79)88)52(68(70,71)72)36-15-19-43-47(28-36)57(83)76(55(43)81)42-27-40(63(89)90-24-14-23-80)26-41(32-42)64(4,5)6/h15-22,25-32,52-53,80H,14,23-24H2,1-13H3/t52-,53-/m0/s1. The Morgan fingerprint density at radius 1 is 0.478 bits per heavy atom. The van der Waals surface area contributed by atoms with Crippen LogP contribution in [-0.2, 0) is 15.6 Å². The molecule has 4 aliphatic heterocycles. The molecule has 1 N–H and O–H groups in total. The van der Waals surface area contributed by atoms with Crippen LogP contribution in [0.25, 0.3) is 0 Å². The van der Waals surface area contributed by atoms with E-state index in [1.54, 1.807) is 75.3 Å². The molecule has 6 aromatic carbocycles. The van der Waals surface area contributed by atoms with Crippen LogP contribution in [0.1, 0.15) is 231 Å². The van der Waals surface area contributed by atoms with Gasteiger partial charge in [-0.3, -0.25) is 48.2 Å². The van der Waals surface area contributed by atoms with E-state index in [0.717, 1.165) is 86.3 Å². The van der Waals surface area contributed by atoms with Crippen molar-refractivity contribution in [3.63, 3.8) is 0 Å². The number of fused-ring (bicyclic) bond motifs is 4. The van der Waals surface area contributed by atoms with Crippen LogP contribution in [0.2, 0.25) is 0 Å². The molecule has 0 unspecified atom stereocenters. The maximum absolute atomic E-state index is 15.6. The number of aliphatic hydroxyl groups is 1. The molecule has 468 valence electrons. The fourth-order valence-corrected chi connectivity index (χ4v) is 13.1. The Bertz CT molecular complexity index is 4200. The first kappa shape index (κ1) is 63.9. The van der Waals surface area contributed by atoms with Gasteiger partial charge < -0.3 is 9.84 Å². The average Bonchev–Trinajstić information content (AvgIpc) is 1.39. The molecule has 0 spiro atoms. The van der Waals surface area contributed by atoms with Gasteiger partial charge in [-0.05, 0) is 178 Å². The van der Waals surface area contributed by atoms with Crippen molar-refractivity contribution >= 4 is 64.6 Å². The van der Waals surface area contributed by atoms with Gasteiger partial charge in [0.05, 0.1) is 73.6 Å². The fourth-order valence-electron chi connectivity index (χ4n) is 13.1. The van der Waals surface area contributed by atoms with Crippen molar-refractivity contribution in [3.05, 3.63) is 197 Å². The van der Waals surface area contributed by atoms with E-state index in [-0.39, 0.29) is 86.6 Å². The lowest BCUT2D eigenvalue weighted by Gasteiger charge is -2.48. The van der Waals surface area contributed by atoms with Crippen molar-refractivity contribution in [2.75, 3.05) is 23.0 Å². The molecule has 90 heavy (non-hydrogen) atoms. The number of alkyl halides is 6. The summed E-state index contributed by atoms with van der Waals surface area (Å²) in [5.74, 6) is -12.5. The van der Waals surface area contributed by atoms with Gasteiger partial charge >= 0.3 is 18.3 Å².